The minimum Gasteiger partial charge on any atom is -0.480 e. The Kier molecular flexibility index (Phi) is 10.6. The average molecular weight is 269 g/mol. The van der Waals surface area contributed by atoms with E-state index in [1.54, 1.807) is 0 Å². The first-order chi connectivity index (χ1) is 8.18. The first-order valence-corrected chi connectivity index (χ1v) is 4.96. The number of Topliss-reactive ketones (excluding diaryl/α,β-unsaturated/α-hetero) is 1. The first kappa shape index (κ1) is 19.2. The molecule has 8 N–H and O–H groups in total. The van der Waals surface area contributed by atoms with Gasteiger partial charge in [-0.15, -0.1) is 0 Å². The van der Waals surface area contributed by atoms with Gasteiger partial charge in [0.05, 0.1) is 6.61 Å². The van der Waals surface area contributed by atoms with E-state index in [1.165, 1.54) is 6.92 Å². The lowest BCUT2D eigenvalue weighted by molar-refractivity contribution is -0.142. The van der Waals surface area contributed by atoms with Crippen LogP contribution in [0.4, 0.5) is 0 Å². The summed E-state index contributed by atoms with van der Waals surface area (Å²) in [7, 11) is 0. The third kappa shape index (κ3) is 8.06. The van der Waals surface area contributed by atoms with Crippen LogP contribution in [-0.2, 0) is 9.59 Å². The standard InChI is InChI=1S/C6H12O6.C3H7NO2/c7-1-3(9)5(11)6(12)4(10)2-8;1-2(4)3(5)6/h3,5-9,11-12H,1-2H2;2H,4H2,1H3,(H,5,6)/t3-,5-,6-;2-/m10/s1. The molecule has 9 nitrogen and oxygen atoms in total. The Balaban J connectivity index is 0. The molecule has 0 aliphatic rings. The zero-order valence-corrected chi connectivity index (χ0v) is 9.80. The van der Waals surface area contributed by atoms with Crippen molar-refractivity contribution in [2.45, 2.75) is 31.3 Å². The molecule has 0 aliphatic carbocycles. The topological polar surface area (TPSA) is 182 Å². The number of hydrogen-bond donors (Lipinski definition) is 7. The van der Waals surface area contributed by atoms with Crippen LogP contribution in [-0.4, -0.2) is 80.0 Å². The van der Waals surface area contributed by atoms with Gasteiger partial charge in [-0.05, 0) is 6.92 Å². The van der Waals surface area contributed by atoms with Gasteiger partial charge >= 0.3 is 5.97 Å². The summed E-state index contributed by atoms with van der Waals surface area (Å²) in [4.78, 5) is 20.1. The fraction of sp³-hybridized carbons (Fsp3) is 0.778. The molecule has 0 heterocycles. The molecule has 0 unspecified atom stereocenters. The molecule has 0 aliphatic heterocycles. The van der Waals surface area contributed by atoms with E-state index in [1.807, 2.05) is 0 Å². The van der Waals surface area contributed by atoms with Crippen LogP contribution in [0.1, 0.15) is 6.92 Å². The van der Waals surface area contributed by atoms with Gasteiger partial charge in [-0.2, -0.15) is 0 Å². The SMILES string of the molecule is C[C@H](N)C(=O)O.O=C(CO)[C@@H](O)[C@H](O)[C@H](O)CO. The Morgan fingerprint density at radius 3 is 1.78 bits per heavy atom. The van der Waals surface area contributed by atoms with E-state index in [-0.39, 0.29) is 0 Å². The number of aliphatic hydroxyl groups excluding tert-OH is 5. The molecular weight excluding hydrogens is 250 g/mol. The average Bonchev–Trinajstić information content (AvgIpc) is 2.35. The molecule has 0 amide bonds. The Morgan fingerprint density at radius 2 is 1.56 bits per heavy atom. The molecule has 0 rings (SSSR count). The van der Waals surface area contributed by atoms with Crippen LogP contribution >= 0.6 is 0 Å². The van der Waals surface area contributed by atoms with Crippen molar-refractivity contribution in [1.29, 1.82) is 0 Å². The summed E-state index contributed by atoms with van der Waals surface area (Å²) in [6, 6.07) is -0.731. The molecule has 0 radical (unpaired) electrons. The molecule has 18 heavy (non-hydrogen) atoms. The normalized spacial score (nSPS) is 16.8. The van der Waals surface area contributed by atoms with E-state index in [0.29, 0.717) is 0 Å². The largest absolute Gasteiger partial charge is 0.480 e. The van der Waals surface area contributed by atoms with Crippen LogP contribution in [0.5, 0.6) is 0 Å². The molecular formula is C9H19NO8. The van der Waals surface area contributed by atoms with Crippen LogP contribution < -0.4 is 5.73 Å². The van der Waals surface area contributed by atoms with E-state index in [0.717, 1.165) is 0 Å². The number of nitrogens with two attached hydrogens (primary N) is 1. The maximum atomic E-state index is 10.5. The summed E-state index contributed by atoms with van der Waals surface area (Å²) >= 11 is 0. The quantitative estimate of drug-likeness (QED) is 0.253. The van der Waals surface area contributed by atoms with Gasteiger partial charge in [0.15, 0.2) is 5.78 Å². The van der Waals surface area contributed by atoms with Crippen LogP contribution in [0.3, 0.4) is 0 Å². The van der Waals surface area contributed by atoms with Gasteiger partial charge in [0.25, 0.3) is 0 Å². The van der Waals surface area contributed by atoms with Gasteiger partial charge in [-0.25, -0.2) is 0 Å². The Bertz CT molecular complexity index is 257. The third-order valence-electron chi connectivity index (χ3n) is 1.78. The molecule has 0 saturated carbocycles. The van der Waals surface area contributed by atoms with Gasteiger partial charge in [0.1, 0.15) is 31.0 Å². The van der Waals surface area contributed by atoms with Gasteiger partial charge in [-0.3, -0.25) is 9.59 Å². The number of carbonyl (C=O) groups is 2. The summed E-state index contributed by atoms with van der Waals surface area (Å²) in [5.41, 5.74) is 4.84. The van der Waals surface area contributed by atoms with Crippen LogP contribution in [0.15, 0.2) is 0 Å². The molecule has 108 valence electrons. The maximum Gasteiger partial charge on any atom is 0.320 e. The van der Waals surface area contributed by atoms with Crippen molar-refractivity contribution >= 4 is 11.8 Å². The molecule has 0 bridgehead atoms. The van der Waals surface area contributed by atoms with Crippen molar-refractivity contribution in [3.8, 4) is 0 Å². The van der Waals surface area contributed by atoms with Crippen molar-refractivity contribution in [3.63, 3.8) is 0 Å². The van der Waals surface area contributed by atoms with E-state index in [4.69, 9.17) is 36.4 Å². The number of rotatable bonds is 6. The second-order valence-electron chi connectivity index (χ2n) is 3.44. The van der Waals surface area contributed by atoms with E-state index < -0.39 is 49.3 Å². The fourth-order valence-electron chi connectivity index (χ4n) is 0.602. The minimum absolute atomic E-state index is 0.731. The van der Waals surface area contributed by atoms with Crippen LogP contribution in [0.2, 0.25) is 0 Å². The Morgan fingerprint density at radius 1 is 1.17 bits per heavy atom. The molecule has 9 heteroatoms. The lowest BCUT2D eigenvalue weighted by Gasteiger charge is -2.19. The number of hydrogen-bond acceptors (Lipinski definition) is 8. The zero-order valence-electron chi connectivity index (χ0n) is 9.80. The second kappa shape index (κ2) is 9.88. The second-order valence-corrected chi connectivity index (χ2v) is 3.44. The summed E-state index contributed by atoms with van der Waals surface area (Å²) in [6.45, 7) is -0.268. The predicted octanol–water partition coefficient (Wildman–Crippen LogP) is -3.96. The van der Waals surface area contributed by atoms with E-state index in [9.17, 15) is 9.59 Å². The van der Waals surface area contributed by atoms with Crippen molar-refractivity contribution < 1.29 is 40.2 Å². The van der Waals surface area contributed by atoms with E-state index >= 15 is 0 Å². The Labute approximate surface area is 103 Å². The molecule has 0 aromatic rings. The smallest absolute Gasteiger partial charge is 0.320 e. The van der Waals surface area contributed by atoms with Gasteiger partial charge in [0, 0.05) is 0 Å². The summed E-state index contributed by atoms with van der Waals surface area (Å²) < 4.78 is 0. The number of aliphatic carboxylic acids is 1. The lowest BCUT2D eigenvalue weighted by atomic mass is 10.1. The lowest BCUT2D eigenvalue weighted by Crippen LogP contribution is -2.44. The zero-order chi connectivity index (χ0) is 14.9. The van der Waals surface area contributed by atoms with Gasteiger partial charge in [-0.1, -0.05) is 0 Å². The highest BCUT2D eigenvalue weighted by Crippen LogP contribution is 2.00. The maximum absolute atomic E-state index is 10.5. The van der Waals surface area contributed by atoms with Crippen LogP contribution in [0, 0.1) is 0 Å². The monoisotopic (exact) mass is 269 g/mol. The molecule has 4 atom stereocenters. The molecule has 0 aromatic heterocycles. The predicted molar refractivity (Wildman–Crippen MR) is 58.5 cm³/mol. The highest BCUT2D eigenvalue weighted by atomic mass is 16.4. The molecule has 0 aromatic carbocycles. The number of carboxylic acid groups (broad SMARTS) is 1. The van der Waals surface area contributed by atoms with Crippen molar-refractivity contribution in [3.05, 3.63) is 0 Å². The third-order valence-corrected chi connectivity index (χ3v) is 1.78. The van der Waals surface area contributed by atoms with Crippen molar-refractivity contribution in [2.75, 3.05) is 13.2 Å². The van der Waals surface area contributed by atoms with E-state index in [2.05, 4.69) is 0 Å². The number of ketones is 1. The highest BCUT2D eigenvalue weighted by Gasteiger charge is 2.28. The number of aliphatic hydroxyl groups is 5. The Hall–Kier alpha value is -1.10. The molecule has 0 saturated heterocycles. The number of carbonyl (C=O) groups excluding carboxylic acids is 1. The highest BCUT2D eigenvalue weighted by molar-refractivity contribution is 5.84. The summed E-state index contributed by atoms with van der Waals surface area (Å²) in [6.07, 6.45) is -5.22. The van der Waals surface area contributed by atoms with Crippen molar-refractivity contribution in [1.82, 2.24) is 0 Å². The van der Waals surface area contributed by atoms with Gasteiger partial charge in [0.2, 0.25) is 0 Å². The molecule has 0 spiro atoms. The molecule has 0 fully saturated rings. The van der Waals surface area contributed by atoms with Gasteiger partial charge < -0.3 is 36.4 Å². The summed E-state index contributed by atoms with van der Waals surface area (Å²) in [5.74, 6) is -1.97. The van der Waals surface area contributed by atoms with Crippen LogP contribution in [0.25, 0.3) is 0 Å². The minimum atomic E-state index is -1.86. The summed E-state index contributed by atoms with van der Waals surface area (Å²) in [5, 5.41) is 50.9. The fourth-order valence-corrected chi connectivity index (χ4v) is 0.602. The van der Waals surface area contributed by atoms with Crippen molar-refractivity contribution in [2.24, 2.45) is 5.73 Å². The number of carboxylic acids is 1. The first-order valence-electron chi connectivity index (χ1n) is 4.96.